The third-order valence-electron chi connectivity index (χ3n) is 3.70. The maximum absolute atomic E-state index is 11.6. The van der Waals surface area contributed by atoms with E-state index < -0.39 is 10.1 Å². The zero-order valence-corrected chi connectivity index (χ0v) is 14.0. The van der Waals surface area contributed by atoms with Gasteiger partial charge in [-0.1, -0.05) is 42.5 Å². The second-order valence-electron chi connectivity index (χ2n) is 5.55. The molecule has 0 aliphatic heterocycles. The van der Waals surface area contributed by atoms with Gasteiger partial charge in [0.05, 0.1) is 4.90 Å². The molecule has 112 valence electrons. The van der Waals surface area contributed by atoms with Crippen molar-refractivity contribution in [1.29, 1.82) is 0 Å². The van der Waals surface area contributed by atoms with Crippen LogP contribution in [0.15, 0.2) is 65.6 Å². The third-order valence-corrected chi connectivity index (χ3v) is 4.62. The topological polar surface area (TPSA) is 57.2 Å². The van der Waals surface area contributed by atoms with E-state index >= 15 is 0 Å². The minimum atomic E-state index is -4.51. The molecule has 0 aliphatic carbocycles. The number of hydrogen-bond acceptors (Lipinski definition) is 3. The molecule has 0 bridgehead atoms. The normalized spacial score (nSPS) is 11.4. The third kappa shape index (κ3) is 3.51. The van der Waals surface area contributed by atoms with E-state index in [0.29, 0.717) is 12.0 Å². The standard InChI is InChI=1S/C18H16O3S.Li/c1-12(2)9-17-16-11-14-6-4-3-5-13(14)10-15(16)7-8-18(17)22(19,20)21;/h3-8,10-11H,1,9H2,2H3,(H,19,20,21);/q;+1/p-1. The minimum Gasteiger partial charge on any atom is -0.744 e. The van der Waals surface area contributed by atoms with Crippen molar-refractivity contribution in [3.05, 3.63) is 66.2 Å². The van der Waals surface area contributed by atoms with Crippen LogP contribution in [0.5, 0.6) is 0 Å². The summed E-state index contributed by atoms with van der Waals surface area (Å²) in [6.07, 6.45) is 0.368. The first-order valence-electron chi connectivity index (χ1n) is 6.91. The average Bonchev–Trinajstić information content (AvgIpc) is 2.44. The first kappa shape index (κ1) is 17.8. The molecule has 0 radical (unpaired) electrons. The van der Waals surface area contributed by atoms with E-state index in [1.54, 1.807) is 6.07 Å². The van der Waals surface area contributed by atoms with Gasteiger partial charge in [-0.25, -0.2) is 8.42 Å². The first-order chi connectivity index (χ1) is 10.4. The Morgan fingerprint density at radius 1 is 1.04 bits per heavy atom. The Kier molecular flexibility index (Phi) is 5.03. The number of hydrogen-bond donors (Lipinski definition) is 0. The second kappa shape index (κ2) is 6.50. The van der Waals surface area contributed by atoms with Gasteiger partial charge in [0.25, 0.3) is 0 Å². The summed E-state index contributed by atoms with van der Waals surface area (Å²) in [6.45, 7) is 5.67. The van der Waals surface area contributed by atoms with Gasteiger partial charge in [0.1, 0.15) is 10.1 Å². The van der Waals surface area contributed by atoms with Gasteiger partial charge in [-0.05, 0) is 58.7 Å². The molecular formula is C18H15LiO3S. The van der Waals surface area contributed by atoms with Crippen molar-refractivity contribution in [1.82, 2.24) is 0 Å². The molecule has 0 spiro atoms. The number of fused-ring (bicyclic) bond motifs is 2. The van der Waals surface area contributed by atoms with E-state index in [0.717, 1.165) is 27.1 Å². The summed E-state index contributed by atoms with van der Waals surface area (Å²) in [5, 5.41) is 3.80. The van der Waals surface area contributed by atoms with Gasteiger partial charge in [0, 0.05) is 0 Å². The van der Waals surface area contributed by atoms with Gasteiger partial charge in [-0.15, -0.1) is 0 Å². The van der Waals surface area contributed by atoms with Gasteiger partial charge >= 0.3 is 18.9 Å². The predicted molar refractivity (Wildman–Crippen MR) is 87.9 cm³/mol. The zero-order valence-electron chi connectivity index (χ0n) is 13.2. The molecule has 0 fully saturated rings. The van der Waals surface area contributed by atoms with Crippen molar-refractivity contribution in [3.8, 4) is 0 Å². The Labute approximate surface area is 147 Å². The molecule has 3 aromatic carbocycles. The van der Waals surface area contributed by atoms with Crippen molar-refractivity contribution in [3.63, 3.8) is 0 Å². The Balaban J connectivity index is 0.00000192. The maximum atomic E-state index is 11.6. The number of rotatable bonds is 3. The fraction of sp³-hybridized carbons (Fsp3) is 0.111. The van der Waals surface area contributed by atoms with E-state index in [1.165, 1.54) is 6.07 Å². The molecule has 3 nitrogen and oxygen atoms in total. The Hall–Kier alpha value is -1.57. The zero-order chi connectivity index (χ0) is 15.9. The van der Waals surface area contributed by atoms with E-state index in [2.05, 4.69) is 6.58 Å². The summed E-state index contributed by atoms with van der Waals surface area (Å²) in [5.41, 5.74) is 1.34. The van der Waals surface area contributed by atoms with E-state index in [-0.39, 0.29) is 23.8 Å². The molecule has 0 saturated heterocycles. The second-order valence-corrected chi connectivity index (χ2v) is 6.90. The van der Waals surface area contributed by atoms with E-state index in [4.69, 9.17) is 0 Å². The first-order valence-corrected chi connectivity index (χ1v) is 8.32. The Morgan fingerprint density at radius 2 is 1.65 bits per heavy atom. The van der Waals surface area contributed by atoms with Crippen LogP contribution in [0.4, 0.5) is 0 Å². The summed E-state index contributed by atoms with van der Waals surface area (Å²) >= 11 is 0. The van der Waals surface area contributed by atoms with Crippen LogP contribution in [0.1, 0.15) is 12.5 Å². The van der Waals surface area contributed by atoms with Crippen LogP contribution >= 0.6 is 0 Å². The smallest absolute Gasteiger partial charge is 0.744 e. The van der Waals surface area contributed by atoms with E-state index in [9.17, 15) is 13.0 Å². The van der Waals surface area contributed by atoms with Crippen LogP contribution < -0.4 is 18.9 Å². The minimum absolute atomic E-state index is 0. The molecule has 0 saturated carbocycles. The summed E-state index contributed by atoms with van der Waals surface area (Å²) in [5.74, 6) is 0. The van der Waals surface area contributed by atoms with Crippen molar-refractivity contribution in [2.45, 2.75) is 18.2 Å². The van der Waals surface area contributed by atoms with Crippen LogP contribution in [0, 0.1) is 0 Å². The van der Waals surface area contributed by atoms with Crippen LogP contribution in [-0.4, -0.2) is 13.0 Å². The van der Waals surface area contributed by atoms with Crippen molar-refractivity contribution in [2.75, 3.05) is 0 Å². The summed E-state index contributed by atoms with van der Waals surface area (Å²) < 4.78 is 34.7. The SMILES string of the molecule is C=C(C)Cc1c(S(=O)(=O)[O-])ccc2cc3ccccc3cc12.[Li+]. The number of allylic oxidation sites excluding steroid dienone is 1. The molecule has 3 aromatic rings. The van der Waals surface area contributed by atoms with Gasteiger partial charge in [-0.3, -0.25) is 0 Å². The fourth-order valence-corrected chi connectivity index (χ4v) is 3.49. The van der Waals surface area contributed by atoms with Gasteiger partial charge in [0.2, 0.25) is 0 Å². The molecule has 0 aromatic heterocycles. The van der Waals surface area contributed by atoms with Crippen LogP contribution in [0.3, 0.4) is 0 Å². The molecule has 0 aliphatic rings. The summed E-state index contributed by atoms with van der Waals surface area (Å²) in [6, 6.07) is 14.9. The van der Waals surface area contributed by atoms with Crippen LogP contribution in [-0.2, 0) is 16.5 Å². The molecule has 5 heteroatoms. The molecular weight excluding hydrogens is 303 g/mol. The molecule has 0 unspecified atom stereocenters. The molecule has 0 heterocycles. The van der Waals surface area contributed by atoms with Crippen molar-refractivity contribution < 1.29 is 31.8 Å². The molecule has 0 atom stereocenters. The van der Waals surface area contributed by atoms with Crippen molar-refractivity contribution >= 4 is 31.7 Å². The summed E-state index contributed by atoms with van der Waals surface area (Å²) in [7, 11) is -4.51. The fourth-order valence-electron chi connectivity index (χ4n) is 2.77. The molecule has 0 amide bonds. The van der Waals surface area contributed by atoms with Crippen LogP contribution in [0.25, 0.3) is 21.5 Å². The Bertz CT molecular complexity index is 1010. The van der Waals surface area contributed by atoms with E-state index in [1.807, 2.05) is 43.3 Å². The Morgan fingerprint density at radius 3 is 2.22 bits per heavy atom. The molecule has 0 N–H and O–H groups in total. The van der Waals surface area contributed by atoms with Crippen LogP contribution in [0.2, 0.25) is 0 Å². The maximum Gasteiger partial charge on any atom is 1.00 e. The number of benzene rings is 3. The van der Waals surface area contributed by atoms with Crippen molar-refractivity contribution in [2.24, 2.45) is 0 Å². The predicted octanol–water partition coefficient (Wildman–Crippen LogP) is 1.02. The van der Waals surface area contributed by atoms with Gasteiger partial charge in [0.15, 0.2) is 0 Å². The van der Waals surface area contributed by atoms with Gasteiger partial charge < -0.3 is 4.55 Å². The molecule has 3 rings (SSSR count). The largest absolute Gasteiger partial charge is 1.00 e. The summed E-state index contributed by atoms with van der Waals surface area (Å²) in [4.78, 5) is -0.154. The molecule has 23 heavy (non-hydrogen) atoms. The van der Waals surface area contributed by atoms with Gasteiger partial charge in [-0.2, -0.15) is 0 Å². The average molecular weight is 318 g/mol. The quantitative estimate of drug-likeness (QED) is 0.314. The monoisotopic (exact) mass is 318 g/mol.